The Balaban J connectivity index is 1.27. The van der Waals surface area contributed by atoms with Crippen LogP contribution in [0.5, 0.6) is 0 Å². The zero-order valence-electron chi connectivity index (χ0n) is 12.6. The maximum Gasteiger partial charge on any atom is 0.226 e. The van der Waals surface area contributed by atoms with Crippen LogP contribution in [0, 0.1) is 0 Å². The molecule has 2 N–H and O–H groups in total. The van der Waals surface area contributed by atoms with Gasteiger partial charge in [0.25, 0.3) is 0 Å². The van der Waals surface area contributed by atoms with Crippen LogP contribution >= 0.6 is 11.3 Å². The molecule has 0 spiro atoms. The van der Waals surface area contributed by atoms with E-state index in [1.807, 2.05) is 24.3 Å². The molecule has 2 heterocycles. The fourth-order valence-electron chi connectivity index (χ4n) is 2.50. The van der Waals surface area contributed by atoms with Gasteiger partial charge in [0.1, 0.15) is 10.8 Å². The molecule has 1 saturated carbocycles. The van der Waals surface area contributed by atoms with Gasteiger partial charge in [0.15, 0.2) is 0 Å². The van der Waals surface area contributed by atoms with Crippen LogP contribution in [0.15, 0.2) is 24.3 Å². The maximum atomic E-state index is 12.0. The maximum absolute atomic E-state index is 12.0. The number of rotatable bonds is 6. The lowest BCUT2D eigenvalue weighted by Gasteiger charge is -2.00. The van der Waals surface area contributed by atoms with Crippen LogP contribution in [0.25, 0.3) is 11.0 Å². The van der Waals surface area contributed by atoms with Crippen molar-refractivity contribution >= 4 is 33.4 Å². The minimum absolute atomic E-state index is 0.0143. The highest BCUT2D eigenvalue weighted by Crippen LogP contribution is 2.42. The summed E-state index contributed by atoms with van der Waals surface area (Å²) < 4.78 is 0. The predicted octanol–water partition coefficient (Wildman–Crippen LogP) is 3.25. The summed E-state index contributed by atoms with van der Waals surface area (Å²) in [5.74, 6) is 1.48. The number of carbonyl (C=O) groups excluding carboxylic acids is 1. The molecule has 23 heavy (non-hydrogen) atoms. The van der Waals surface area contributed by atoms with Crippen LogP contribution < -0.4 is 5.32 Å². The van der Waals surface area contributed by atoms with E-state index >= 15 is 0 Å². The molecular weight excluding hydrogens is 310 g/mol. The number of hydrogen-bond acceptors (Lipinski definition) is 5. The minimum atomic E-state index is -0.0143. The molecule has 0 radical (unpaired) electrons. The Morgan fingerprint density at radius 2 is 2.17 bits per heavy atom. The van der Waals surface area contributed by atoms with Gasteiger partial charge in [-0.25, -0.2) is 4.98 Å². The molecule has 3 aromatic rings. The number of nitrogens with one attached hydrogen (secondary N) is 2. The van der Waals surface area contributed by atoms with Crippen molar-refractivity contribution in [3.8, 4) is 0 Å². The quantitative estimate of drug-likeness (QED) is 0.728. The summed E-state index contributed by atoms with van der Waals surface area (Å²) in [7, 11) is 0. The number of hydrogen-bond donors (Lipinski definition) is 2. The van der Waals surface area contributed by atoms with Crippen molar-refractivity contribution < 1.29 is 4.79 Å². The van der Waals surface area contributed by atoms with Crippen molar-refractivity contribution in [3.63, 3.8) is 0 Å². The Hall–Kier alpha value is -2.28. The molecule has 0 unspecified atom stereocenters. The van der Waals surface area contributed by atoms with Gasteiger partial charge < -0.3 is 10.3 Å². The molecule has 118 valence electrons. The predicted molar refractivity (Wildman–Crippen MR) is 89.5 cm³/mol. The summed E-state index contributed by atoms with van der Waals surface area (Å²) in [5, 5.41) is 12.6. The first-order valence-corrected chi connectivity index (χ1v) is 8.66. The van der Waals surface area contributed by atoms with Crippen molar-refractivity contribution in [2.75, 3.05) is 5.32 Å². The van der Waals surface area contributed by atoms with Crippen molar-refractivity contribution in [2.45, 2.75) is 38.0 Å². The van der Waals surface area contributed by atoms with E-state index in [-0.39, 0.29) is 5.91 Å². The highest BCUT2D eigenvalue weighted by molar-refractivity contribution is 7.15. The van der Waals surface area contributed by atoms with Crippen molar-refractivity contribution in [1.29, 1.82) is 0 Å². The van der Waals surface area contributed by atoms with Crippen molar-refractivity contribution in [1.82, 2.24) is 20.2 Å². The van der Waals surface area contributed by atoms with E-state index < -0.39 is 0 Å². The third kappa shape index (κ3) is 3.39. The first-order valence-electron chi connectivity index (χ1n) is 7.85. The Labute approximate surface area is 137 Å². The van der Waals surface area contributed by atoms with E-state index in [1.54, 1.807) is 0 Å². The molecule has 1 fully saturated rings. The number of amides is 1. The van der Waals surface area contributed by atoms with Gasteiger partial charge in [0.2, 0.25) is 11.0 Å². The Bertz CT molecular complexity index is 803. The summed E-state index contributed by atoms with van der Waals surface area (Å²) in [6.45, 7) is 0. The molecule has 1 aliphatic carbocycles. The first kappa shape index (κ1) is 14.3. The van der Waals surface area contributed by atoms with Crippen LogP contribution in [0.2, 0.25) is 0 Å². The number of anilines is 1. The Morgan fingerprint density at radius 3 is 3.00 bits per heavy atom. The number of imidazole rings is 1. The second-order valence-electron chi connectivity index (χ2n) is 5.82. The van der Waals surface area contributed by atoms with Gasteiger partial charge >= 0.3 is 0 Å². The Kier molecular flexibility index (Phi) is 3.78. The average Bonchev–Trinajstić information content (AvgIpc) is 3.15. The Morgan fingerprint density at radius 1 is 1.30 bits per heavy atom. The lowest BCUT2D eigenvalue weighted by Crippen LogP contribution is -2.11. The number of fused-ring (bicyclic) bond motifs is 1. The molecule has 6 nitrogen and oxygen atoms in total. The van der Waals surface area contributed by atoms with Crippen LogP contribution in [0.1, 0.15) is 42.4 Å². The normalized spacial score (nSPS) is 14.3. The molecule has 1 aromatic carbocycles. The van der Waals surface area contributed by atoms with E-state index in [0.29, 0.717) is 17.5 Å². The molecule has 2 aromatic heterocycles. The van der Waals surface area contributed by atoms with Gasteiger partial charge in [0, 0.05) is 18.8 Å². The molecule has 7 heteroatoms. The number of aryl methyl sites for hydroxylation is 1. The average molecular weight is 327 g/mol. The summed E-state index contributed by atoms with van der Waals surface area (Å²) in [6, 6.07) is 7.94. The van der Waals surface area contributed by atoms with Gasteiger partial charge in [-0.15, -0.1) is 10.2 Å². The number of nitrogens with zero attached hydrogens (tertiary/aromatic N) is 3. The van der Waals surface area contributed by atoms with Crippen molar-refractivity contribution in [2.24, 2.45) is 0 Å². The number of benzene rings is 1. The van der Waals surface area contributed by atoms with E-state index in [9.17, 15) is 4.79 Å². The monoisotopic (exact) mass is 327 g/mol. The lowest BCUT2D eigenvalue weighted by molar-refractivity contribution is -0.116. The van der Waals surface area contributed by atoms with Gasteiger partial charge in [0.05, 0.1) is 11.0 Å². The second-order valence-corrected chi connectivity index (χ2v) is 6.83. The van der Waals surface area contributed by atoms with Gasteiger partial charge in [-0.3, -0.25) is 4.79 Å². The van der Waals surface area contributed by atoms with Crippen LogP contribution in [0.4, 0.5) is 5.13 Å². The SMILES string of the molecule is O=C(CCCc1nc2ccccc2[nH]1)Nc1nnc(C2CC2)s1. The van der Waals surface area contributed by atoms with Crippen LogP contribution in [0.3, 0.4) is 0 Å². The zero-order chi connectivity index (χ0) is 15.6. The lowest BCUT2D eigenvalue weighted by atomic mass is 10.2. The highest BCUT2D eigenvalue weighted by Gasteiger charge is 2.27. The van der Waals surface area contributed by atoms with Gasteiger partial charge in [-0.1, -0.05) is 23.5 Å². The highest BCUT2D eigenvalue weighted by atomic mass is 32.1. The molecule has 1 amide bonds. The van der Waals surface area contributed by atoms with Crippen molar-refractivity contribution in [3.05, 3.63) is 35.1 Å². The van der Waals surface area contributed by atoms with E-state index in [0.717, 1.165) is 34.7 Å². The van der Waals surface area contributed by atoms with Crippen LogP contribution in [-0.4, -0.2) is 26.1 Å². The smallest absolute Gasteiger partial charge is 0.226 e. The van der Waals surface area contributed by atoms with Crippen LogP contribution in [-0.2, 0) is 11.2 Å². The topological polar surface area (TPSA) is 83.6 Å². The second kappa shape index (κ2) is 6.08. The molecule has 4 rings (SSSR count). The molecule has 0 aliphatic heterocycles. The number of carbonyl (C=O) groups is 1. The van der Waals surface area contributed by atoms with Gasteiger partial charge in [-0.05, 0) is 31.4 Å². The molecular formula is C16H17N5OS. The van der Waals surface area contributed by atoms with Gasteiger partial charge in [-0.2, -0.15) is 0 Å². The van der Waals surface area contributed by atoms with E-state index in [1.165, 1.54) is 24.2 Å². The number of aromatic nitrogens is 4. The van der Waals surface area contributed by atoms with E-state index in [4.69, 9.17) is 0 Å². The number of para-hydroxylation sites is 2. The summed E-state index contributed by atoms with van der Waals surface area (Å²) in [6.07, 6.45) is 4.35. The molecule has 0 saturated heterocycles. The number of aromatic amines is 1. The zero-order valence-corrected chi connectivity index (χ0v) is 13.4. The third-order valence-electron chi connectivity index (χ3n) is 3.87. The third-order valence-corrected chi connectivity index (χ3v) is 4.87. The fourth-order valence-corrected chi connectivity index (χ4v) is 3.43. The largest absolute Gasteiger partial charge is 0.342 e. The molecule has 0 bridgehead atoms. The first-order chi connectivity index (χ1) is 11.3. The summed E-state index contributed by atoms with van der Waals surface area (Å²) in [5.41, 5.74) is 2.00. The molecule has 1 aliphatic rings. The number of H-pyrrole nitrogens is 1. The van der Waals surface area contributed by atoms with E-state index in [2.05, 4.69) is 25.5 Å². The standard InChI is InChI=1S/C16H17N5OS/c22-14(19-16-21-20-15(23-16)10-8-9-10)7-3-6-13-17-11-4-1-2-5-12(11)18-13/h1-2,4-5,10H,3,6-9H2,(H,17,18)(H,19,21,22). The molecule has 0 atom stereocenters. The minimum Gasteiger partial charge on any atom is -0.342 e. The summed E-state index contributed by atoms with van der Waals surface area (Å²) in [4.78, 5) is 19.8. The summed E-state index contributed by atoms with van der Waals surface area (Å²) >= 11 is 1.49. The fraction of sp³-hybridized carbons (Fsp3) is 0.375.